The molecule has 4 heteroatoms. The third-order valence-corrected chi connectivity index (χ3v) is 7.12. The Bertz CT molecular complexity index is 211. The molecule has 2 saturated heterocycles. The van der Waals surface area contributed by atoms with Crippen molar-refractivity contribution >= 4 is 23.5 Å². The highest BCUT2D eigenvalue weighted by molar-refractivity contribution is 8.18. The van der Waals surface area contributed by atoms with Gasteiger partial charge in [0, 0.05) is 7.11 Å². The van der Waals surface area contributed by atoms with Gasteiger partial charge in [-0.05, 0) is 44.2 Å². The molecule has 2 heterocycles. The molecule has 1 atom stereocenters. The van der Waals surface area contributed by atoms with Crippen molar-refractivity contribution in [1.82, 2.24) is 5.32 Å². The first-order valence-corrected chi connectivity index (χ1v) is 7.78. The van der Waals surface area contributed by atoms with Gasteiger partial charge in [-0.2, -0.15) is 0 Å². The first-order valence-electron chi connectivity index (χ1n) is 5.81. The molecule has 0 saturated carbocycles. The number of nitrogens with one attached hydrogen (secondary N) is 1. The Morgan fingerprint density at radius 2 is 1.87 bits per heavy atom. The minimum Gasteiger partial charge on any atom is -0.356 e. The fourth-order valence-corrected chi connectivity index (χ4v) is 5.85. The minimum atomic E-state index is -0.0499. The van der Waals surface area contributed by atoms with Gasteiger partial charge >= 0.3 is 0 Å². The summed E-state index contributed by atoms with van der Waals surface area (Å²) in [7, 11) is 1.87. The van der Waals surface area contributed by atoms with Gasteiger partial charge in [0.1, 0.15) is 0 Å². The van der Waals surface area contributed by atoms with Crippen LogP contribution in [-0.2, 0) is 4.74 Å². The summed E-state index contributed by atoms with van der Waals surface area (Å²) in [6.45, 7) is 3.48. The van der Waals surface area contributed by atoms with E-state index in [1.807, 2.05) is 30.6 Å². The smallest absolute Gasteiger partial charge is 0.177 e. The SMILES string of the molecule is COC1([C@]2(C)CCCCN2)SCCCS1. The molecule has 2 rings (SSSR count). The highest BCUT2D eigenvalue weighted by atomic mass is 32.2. The molecule has 2 fully saturated rings. The molecule has 15 heavy (non-hydrogen) atoms. The molecule has 0 amide bonds. The lowest BCUT2D eigenvalue weighted by Crippen LogP contribution is -2.61. The molecular weight excluding hydrogens is 226 g/mol. The van der Waals surface area contributed by atoms with E-state index in [0.29, 0.717) is 0 Å². The molecule has 1 N–H and O–H groups in total. The van der Waals surface area contributed by atoms with E-state index in [0.717, 1.165) is 6.54 Å². The van der Waals surface area contributed by atoms with Crippen LogP contribution < -0.4 is 5.32 Å². The largest absolute Gasteiger partial charge is 0.356 e. The Morgan fingerprint density at radius 1 is 1.13 bits per heavy atom. The van der Waals surface area contributed by atoms with Gasteiger partial charge in [0.05, 0.1) is 5.54 Å². The Hall–Kier alpha value is 0.620. The summed E-state index contributed by atoms with van der Waals surface area (Å²) in [5, 5.41) is 3.69. The number of piperidine rings is 1. The van der Waals surface area contributed by atoms with E-state index >= 15 is 0 Å². The molecule has 88 valence electrons. The van der Waals surface area contributed by atoms with Gasteiger partial charge in [-0.25, -0.2) is 0 Å². The van der Waals surface area contributed by atoms with Crippen molar-refractivity contribution in [3.63, 3.8) is 0 Å². The van der Waals surface area contributed by atoms with Crippen LogP contribution in [0.25, 0.3) is 0 Å². The Kier molecular flexibility index (Phi) is 3.92. The van der Waals surface area contributed by atoms with E-state index in [9.17, 15) is 0 Å². The van der Waals surface area contributed by atoms with E-state index in [1.54, 1.807) is 0 Å². The summed E-state index contributed by atoms with van der Waals surface area (Å²) >= 11 is 3.99. The number of hydrogen-bond acceptors (Lipinski definition) is 4. The maximum Gasteiger partial charge on any atom is 0.177 e. The molecule has 0 aromatic carbocycles. The van der Waals surface area contributed by atoms with Crippen molar-refractivity contribution < 1.29 is 4.74 Å². The maximum atomic E-state index is 5.88. The van der Waals surface area contributed by atoms with Crippen molar-refractivity contribution in [3.8, 4) is 0 Å². The van der Waals surface area contributed by atoms with Gasteiger partial charge in [-0.3, -0.25) is 0 Å². The van der Waals surface area contributed by atoms with E-state index in [2.05, 4.69) is 12.2 Å². The molecular formula is C11H21NOS2. The van der Waals surface area contributed by atoms with Crippen LogP contribution in [0, 0.1) is 0 Å². The molecule has 2 nitrogen and oxygen atoms in total. The lowest BCUT2D eigenvalue weighted by Gasteiger charge is -2.50. The van der Waals surface area contributed by atoms with Crippen LogP contribution in [-0.4, -0.2) is 35.0 Å². The van der Waals surface area contributed by atoms with E-state index in [4.69, 9.17) is 4.74 Å². The summed E-state index contributed by atoms with van der Waals surface area (Å²) in [5.41, 5.74) is 0.149. The van der Waals surface area contributed by atoms with Crippen molar-refractivity contribution in [2.75, 3.05) is 25.2 Å². The second-order valence-corrected chi connectivity index (χ2v) is 7.33. The topological polar surface area (TPSA) is 21.3 Å². The first kappa shape index (κ1) is 12.1. The molecule has 2 aliphatic heterocycles. The zero-order valence-electron chi connectivity index (χ0n) is 9.67. The maximum absolute atomic E-state index is 5.88. The lowest BCUT2D eigenvalue weighted by atomic mass is 9.91. The van der Waals surface area contributed by atoms with Crippen molar-refractivity contribution in [2.45, 2.75) is 42.4 Å². The number of rotatable bonds is 2. The predicted octanol–water partition coefficient (Wildman–Crippen LogP) is 2.69. The summed E-state index contributed by atoms with van der Waals surface area (Å²) in [6.07, 6.45) is 5.19. The Labute approximate surface area is 101 Å². The van der Waals surface area contributed by atoms with Crippen LogP contribution in [0.2, 0.25) is 0 Å². The summed E-state index contributed by atoms with van der Waals surface area (Å²) in [5.74, 6) is 2.47. The molecule has 0 aliphatic carbocycles. The van der Waals surface area contributed by atoms with E-state index in [1.165, 1.54) is 37.2 Å². The van der Waals surface area contributed by atoms with Gasteiger partial charge in [-0.1, -0.05) is 6.42 Å². The monoisotopic (exact) mass is 247 g/mol. The van der Waals surface area contributed by atoms with Crippen LogP contribution in [0.5, 0.6) is 0 Å². The van der Waals surface area contributed by atoms with Crippen molar-refractivity contribution in [2.24, 2.45) is 0 Å². The van der Waals surface area contributed by atoms with Gasteiger partial charge in [0.2, 0.25) is 0 Å². The van der Waals surface area contributed by atoms with Crippen LogP contribution in [0.4, 0.5) is 0 Å². The van der Waals surface area contributed by atoms with Gasteiger partial charge < -0.3 is 10.1 Å². The van der Waals surface area contributed by atoms with Crippen molar-refractivity contribution in [3.05, 3.63) is 0 Å². The summed E-state index contributed by atoms with van der Waals surface area (Å²) in [4.78, 5) is 0. The zero-order valence-corrected chi connectivity index (χ0v) is 11.3. The normalized spacial score (nSPS) is 36.4. The lowest BCUT2D eigenvalue weighted by molar-refractivity contribution is 0.0483. The minimum absolute atomic E-state index is 0.0499. The molecule has 0 spiro atoms. The van der Waals surface area contributed by atoms with E-state index < -0.39 is 0 Å². The van der Waals surface area contributed by atoms with Gasteiger partial charge in [0.15, 0.2) is 4.27 Å². The van der Waals surface area contributed by atoms with Crippen LogP contribution in [0.15, 0.2) is 0 Å². The Morgan fingerprint density at radius 3 is 2.40 bits per heavy atom. The third-order valence-electron chi connectivity index (χ3n) is 3.44. The van der Waals surface area contributed by atoms with Crippen LogP contribution in [0.3, 0.4) is 0 Å². The molecule has 0 unspecified atom stereocenters. The third kappa shape index (κ3) is 2.19. The highest BCUT2D eigenvalue weighted by Gasteiger charge is 2.51. The summed E-state index contributed by atoms with van der Waals surface area (Å²) in [6, 6.07) is 0. The quantitative estimate of drug-likeness (QED) is 0.809. The van der Waals surface area contributed by atoms with Crippen LogP contribution >= 0.6 is 23.5 Å². The second-order valence-electron chi connectivity index (χ2n) is 4.53. The second kappa shape index (κ2) is 4.86. The predicted molar refractivity (Wildman–Crippen MR) is 69.5 cm³/mol. The van der Waals surface area contributed by atoms with Gasteiger partial charge in [-0.15, -0.1) is 23.5 Å². The zero-order chi connectivity index (χ0) is 10.8. The molecule has 0 aromatic heterocycles. The summed E-state index contributed by atoms with van der Waals surface area (Å²) < 4.78 is 5.83. The molecule has 0 radical (unpaired) electrons. The molecule has 0 bridgehead atoms. The highest BCUT2D eigenvalue weighted by Crippen LogP contribution is 2.52. The van der Waals surface area contributed by atoms with Crippen LogP contribution in [0.1, 0.15) is 32.6 Å². The number of methoxy groups -OCH3 is 1. The van der Waals surface area contributed by atoms with Crippen molar-refractivity contribution in [1.29, 1.82) is 0 Å². The fraction of sp³-hybridized carbons (Fsp3) is 1.00. The fourth-order valence-electron chi connectivity index (χ4n) is 2.49. The number of ether oxygens (including phenoxy) is 1. The Balaban J connectivity index is 2.15. The standard InChI is InChI=1S/C11H21NOS2/c1-10(6-3-4-7-12-10)11(13-2)14-8-5-9-15-11/h12H,3-9H2,1-2H3/t10-/m0/s1. The molecule has 2 aliphatic rings. The number of hydrogen-bond donors (Lipinski definition) is 1. The average molecular weight is 247 g/mol. The number of thioether (sulfide) groups is 2. The molecule has 0 aromatic rings. The van der Waals surface area contributed by atoms with E-state index in [-0.39, 0.29) is 9.80 Å². The van der Waals surface area contributed by atoms with Gasteiger partial charge in [0.25, 0.3) is 0 Å². The first-order chi connectivity index (χ1) is 7.22. The average Bonchev–Trinajstić information content (AvgIpc) is 2.31.